The van der Waals surface area contributed by atoms with Gasteiger partial charge in [0.2, 0.25) is 5.91 Å². The van der Waals surface area contributed by atoms with Gasteiger partial charge in [0.15, 0.2) is 0 Å². The highest BCUT2D eigenvalue weighted by molar-refractivity contribution is 5.85. The number of hydrogen-bond donors (Lipinski definition) is 2. The van der Waals surface area contributed by atoms with Gasteiger partial charge in [0.1, 0.15) is 0 Å². The van der Waals surface area contributed by atoms with Crippen LogP contribution in [-0.2, 0) is 9.53 Å². The summed E-state index contributed by atoms with van der Waals surface area (Å²) in [5.74, 6) is 0.721. The van der Waals surface area contributed by atoms with Gasteiger partial charge in [0.25, 0.3) is 0 Å². The van der Waals surface area contributed by atoms with E-state index in [0.29, 0.717) is 25.1 Å². The highest BCUT2D eigenvalue weighted by atomic mass is 35.5. The Kier molecular flexibility index (Phi) is 5.52. The van der Waals surface area contributed by atoms with Crippen LogP contribution in [0.3, 0.4) is 0 Å². The quantitative estimate of drug-likeness (QED) is 0.773. The second-order valence-corrected chi connectivity index (χ2v) is 4.60. The molecule has 4 nitrogen and oxygen atoms in total. The van der Waals surface area contributed by atoms with Crippen LogP contribution in [0.4, 0.5) is 0 Å². The van der Waals surface area contributed by atoms with Crippen molar-refractivity contribution in [3.05, 3.63) is 0 Å². The van der Waals surface area contributed by atoms with Gasteiger partial charge in [-0.15, -0.1) is 12.4 Å². The van der Waals surface area contributed by atoms with Crippen LogP contribution in [0.15, 0.2) is 0 Å². The summed E-state index contributed by atoms with van der Waals surface area (Å²) in [6.45, 7) is 2.00. The predicted molar refractivity (Wildman–Crippen MR) is 64.5 cm³/mol. The fourth-order valence-corrected chi connectivity index (χ4v) is 2.55. The Hall–Kier alpha value is -0.320. The molecule has 3 N–H and O–H groups in total. The number of carbonyl (C=O) groups is 1. The van der Waals surface area contributed by atoms with Crippen molar-refractivity contribution in [3.63, 3.8) is 0 Å². The van der Waals surface area contributed by atoms with Gasteiger partial charge in [0, 0.05) is 12.6 Å². The van der Waals surface area contributed by atoms with Crippen LogP contribution in [0.5, 0.6) is 0 Å². The number of nitrogens with one attached hydrogen (secondary N) is 1. The van der Waals surface area contributed by atoms with Crippen molar-refractivity contribution in [1.29, 1.82) is 0 Å². The number of ether oxygens (including phenoxy) is 1. The fourth-order valence-electron chi connectivity index (χ4n) is 2.55. The van der Waals surface area contributed by atoms with Crippen LogP contribution >= 0.6 is 12.4 Å². The standard InChI is InChI=1S/C11H20N2O2.ClH/c12-6-8-2-1-3-10(8)13-11(14)9-4-5-15-7-9;/h8-10H,1-7,12H2,(H,13,14);1H. The number of hydrogen-bond acceptors (Lipinski definition) is 3. The molecule has 1 aliphatic heterocycles. The molecule has 5 heteroatoms. The second kappa shape index (κ2) is 6.42. The molecule has 0 aromatic carbocycles. The number of rotatable bonds is 3. The van der Waals surface area contributed by atoms with Gasteiger partial charge < -0.3 is 15.8 Å². The van der Waals surface area contributed by atoms with Gasteiger partial charge in [-0.3, -0.25) is 4.79 Å². The van der Waals surface area contributed by atoms with E-state index in [9.17, 15) is 4.79 Å². The Morgan fingerprint density at radius 3 is 2.81 bits per heavy atom. The second-order valence-electron chi connectivity index (χ2n) is 4.60. The van der Waals surface area contributed by atoms with Crippen molar-refractivity contribution in [2.24, 2.45) is 17.6 Å². The normalized spacial score (nSPS) is 33.4. The maximum atomic E-state index is 11.8. The summed E-state index contributed by atoms with van der Waals surface area (Å²) in [6.07, 6.45) is 4.30. The minimum Gasteiger partial charge on any atom is -0.381 e. The zero-order chi connectivity index (χ0) is 10.7. The SMILES string of the molecule is Cl.NCC1CCCC1NC(=O)C1CCOC1. The zero-order valence-corrected chi connectivity index (χ0v) is 10.3. The zero-order valence-electron chi connectivity index (χ0n) is 9.48. The van der Waals surface area contributed by atoms with E-state index < -0.39 is 0 Å². The first-order chi connectivity index (χ1) is 7.31. The van der Waals surface area contributed by atoms with E-state index in [1.807, 2.05) is 0 Å². The molecule has 1 saturated heterocycles. The smallest absolute Gasteiger partial charge is 0.225 e. The van der Waals surface area contributed by atoms with Crippen molar-refractivity contribution in [3.8, 4) is 0 Å². The average molecular weight is 249 g/mol. The first-order valence-corrected chi connectivity index (χ1v) is 5.89. The number of halogens is 1. The first kappa shape index (κ1) is 13.7. The van der Waals surface area contributed by atoms with E-state index in [-0.39, 0.29) is 24.2 Å². The van der Waals surface area contributed by atoms with Gasteiger partial charge in [-0.1, -0.05) is 6.42 Å². The van der Waals surface area contributed by atoms with E-state index >= 15 is 0 Å². The monoisotopic (exact) mass is 248 g/mol. The molecule has 0 radical (unpaired) electrons. The van der Waals surface area contributed by atoms with Crippen LogP contribution in [0.2, 0.25) is 0 Å². The minimum absolute atomic E-state index is 0. The molecule has 1 aliphatic carbocycles. The summed E-state index contributed by atoms with van der Waals surface area (Å²) >= 11 is 0. The molecule has 0 bridgehead atoms. The highest BCUT2D eigenvalue weighted by Gasteiger charge is 2.30. The Morgan fingerprint density at radius 1 is 1.38 bits per heavy atom. The minimum atomic E-state index is 0. The Balaban J connectivity index is 0.00000128. The largest absolute Gasteiger partial charge is 0.381 e. The molecule has 1 amide bonds. The molecule has 2 fully saturated rings. The van der Waals surface area contributed by atoms with Crippen molar-refractivity contribution < 1.29 is 9.53 Å². The van der Waals surface area contributed by atoms with Crippen LogP contribution < -0.4 is 11.1 Å². The lowest BCUT2D eigenvalue weighted by Crippen LogP contribution is -2.42. The molecule has 16 heavy (non-hydrogen) atoms. The van der Waals surface area contributed by atoms with E-state index in [1.54, 1.807) is 0 Å². The van der Waals surface area contributed by atoms with Gasteiger partial charge in [-0.2, -0.15) is 0 Å². The third kappa shape index (κ3) is 3.09. The third-order valence-corrected chi connectivity index (χ3v) is 3.59. The maximum absolute atomic E-state index is 11.8. The van der Waals surface area contributed by atoms with Gasteiger partial charge >= 0.3 is 0 Å². The van der Waals surface area contributed by atoms with E-state index in [1.165, 1.54) is 6.42 Å². The molecule has 94 valence electrons. The summed E-state index contributed by atoms with van der Waals surface area (Å²) in [5, 5.41) is 3.12. The van der Waals surface area contributed by atoms with E-state index in [2.05, 4.69) is 5.32 Å². The maximum Gasteiger partial charge on any atom is 0.225 e. The van der Waals surface area contributed by atoms with E-state index in [0.717, 1.165) is 25.9 Å². The molecule has 3 unspecified atom stereocenters. The van der Waals surface area contributed by atoms with E-state index in [4.69, 9.17) is 10.5 Å². The topological polar surface area (TPSA) is 64.3 Å². The Labute approximate surface area is 103 Å². The number of amides is 1. The first-order valence-electron chi connectivity index (χ1n) is 5.89. The van der Waals surface area contributed by atoms with Crippen LogP contribution in [-0.4, -0.2) is 31.7 Å². The lowest BCUT2D eigenvalue weighted by Gasteiger charge is -2.21. The molecule has 1 heterocycles. The fraction of sp³-hybridized carbons (Fsp3) is 0.909. The van der Waals surface area contributed by atoms with Crippen LogP contribution in [0.25, 0.3) is 0 Å². The summed E-state index contributed by atoms with van der Waals surface area (Å²) in [5.41, 5.74) is 5.68. The summed E-state index contributed by atoms with van der Waals surface area (Å²) in [7, 11) is 0. The van der Waals surface area contributed by atoms with Crippen LogP contribution in [0.1, 0.15) is 25.7 Å². The van der Waals surface area contributed by atoms with Gasteiger partial charge in [-0.25, -0.2) is 0 Å². The summed E-state index contributed by atoms with van der Waals surface area (Å²) in [4.78, 5) is 11.8. The molecule has 2 aliphatic rings. The lowest BCUT2D eigenvalue weighted by molar-refractivity contribution is -0.125. The predicted octanol–water partition coefficient (Wildman–Crippen LogP) is 0.688. The van der Waals surface area contributed by atoms with Crippen molar-refractivity contribution in [2.75, 3.05) is 19.8 Å². The third-order valence-electron chi connectivity index (χ3n) is 3.59. The average Bonchev–Trinajstić information content (AvgIpc) is 2.87. The molecule has 2 rings (SSSR count). The molecule has 0 aromatic rings. The highest BCUT2D eigenvalue weighted by Crippen LogP contribution is 2.25. The lowest BCUT2D eigenvalue weighted by atomic mass is 10.0. The van der Waals surface area contributed by atoms with Gasteiger partial charge in [-0.05, 0) is 31.7 Å². The Bertz CT molecular complexity index is 232. The van der Waals surface area contributed by atoms with Crippen molar-refractivity contribution in [2.45, 2.75) is 31.7 Å². The van der Waals surface area contributed by atoms with Gasteiger partial charge in [0.05, 0.1) is 12.5 Å². The summed E-state index contributed by atoms with van der Waals surface area (Å²) < 4.78 is 5.21. The molecular formula is C11H21ClN2O2. The molecule has 0 spiro atoms. The molecule has 0 aromatic heterocycles. The number of nitrogens with two attached hydrogens (primary N) is 1. The van der Waals surface area contributed by atoms with Crippen molar-refractivity contribution >= 4 is 18.3 Å². The van der Waals surface area contributed by atoms with Crippen LogP contribution in [0, 0.1) is 11.8 Å². The molecular weight excluding hydrogens is 228 g/mol. The summed E-state index contributed by atoms with van der Waals surface area (Å²) in [6, 6.07) is 0.308. The molecule has 1 saturated carbocycles. The van der Waals surface area contributed by atoms with Crippen molar-refractivity contribution in [1.82, 2.24) is 5.32 Å². The molecule has 3 atom stereocenters. The number of carbonyl (C=O) groups excluding carboxylic acids is 1. The Morgan fingerprint density at radius 2 is 2.19 bits per heavy atom.